The van der Waals surface area contributed by atoms with Gasteiger partial charge in [0.25, 0.3) is 5.91 Å². The highest BCUT2D eigenvalue weighted by Crippen LogP contribution is 2.13. The Morgan fingerprint density at radius 3 is 2.67 bits per heavy atom. The lowest BCUT2D eigenvalue weighted by atomic mass is 10.2. The van der Waals surface area contributed by atoms with Crippen molar-refractivity contribution in [2.24, 2.45) is 0 Å². The molecule has 0 saturated carbocycles. The van der Waals surface area contributed by atoms with E-state index in [1.54, 1.807) is 17.6 Å². The summed E-state index contributed by atoms with van der Waals surface area (Å²) in [5.41, 5.74) is 1.57. The lowest BCUT2D eigenvalue weighted by molar-refractivity contribution is -0.129. The van der Waals surface area contributed by atoms with Crippen LogP contribution in [0, 0.1) is 0 Å². The maximum Gasteiger partial charge on any atom is 0.287 e. The minimum Gasteiger partial charge on any atom is -0.444 e. The van der Waals surface area contributed by atoms with Gasteiger partial charge in [-0.1, -0.05) is 6.42 Å². The average molecular weight is 319 g/mol. The van der Waals surface area contributed by atoms with Crippen LogP contribution in [0.25, 0.3) is 0 Å². The molecule has 0 unspecified atom stereocenters. The first-order valence-corrected chi connectivity index (χ1v) is 6.39. The van der Waals surface area contributed by atoms with Crippen LogP contribution in [0.4, 0.5) is 0 Å². The van der Waals surface area contributed by atoms with Gasteiger partial charge in [0.1, 0.15) is 0 Å². The molecule has 18 heavy (non-hydrogen) atoms. The van der Waals surface area contributed by atoms with Crippen molar-refractivity contribution in [1.82, 2.24) is 10.8 Å². The van der Waals surface area contributed by atoms with E-state index in [4.69, 9.17) is 9.62 Å². The summed E-state index contributed by atoms with van der Waals surface area (Å²) in [5, 5.41) is 11.0. The van der Waals surface area contributed by atoms with E-state index in [-0.39, 0.29) is 24.0 Å². The molecule has 2 amide bonds. The highest BCUT2D eigenvalue weighted by Gasteiger charge is 2.09. The second kappa shape index (κ2) is 7.88. The van der Waals surface area contributed by atoms with Crippen molar-refractivity contribution in [2.45, 2.75) is 25.7 Å². The van der Waals surface area contributed by atoms with Crippen molar-refractivity contribution >= 4 is 27.7 Å². The van der Waals surface area contributed by atoms with Gasteiger partial charge in [0.05, 0.1) is 0 Å². The highest BCUT2D eigenvalue weighted by atomic mass is 79.9. The van der Waals surface area contributed by atoms with Crippen molar-refractivity contribution in [2.75, 3.05) is 6.54 Å². The summed E-state index contributed by atoms with van der Waals surface area (Å²) in [6.07, 6.45) is 2.53. The van der Waals surface area contributed by atoms with Gasteiger partial charge in [-0.2, -0.15) is 0 Å². The smallest absolute Gasteiger partial charge is 0.287 e. The predicted octanol–water partition coefficient (Wildman–Crippen LogP) is 1.84. The van der Waals surface area contributed by atoms with Gasteiger partial charge in [-0.05, 0) is 40.9 Å². The third kappa shape index (κ3) is 5.33. The third-order valence-corrected chi connectivity index (χ3v) is 2.71. The molecule has 1 heterocycles. The Bertz CT molecular complexity index is 406. The summed E-state index contributed by atoms with van der Waals surface area (Å²) in [6.45, 7) is 0.526. The Morgan fingerprint density at radius 2 is 2.06 bits per heavy atom. The molecule has 0 bridgehead atoms. The highest BCUT2D eigenvalue weighted by molar-refractivity contribution is 9.10. The Hall–Kier alpha value is -1.34. The summed E-state index contributed by atoms with van der Waals surface area (Å²) < 4.78 is 5.61. The SMILES string of the molecule is O=C(CCCCCNC(=O)c1ccc(Br)o1)NO. The van der Waals surface area contributed by atoms with Crippen LogP contribution in [0.5, 0.6) is 0 Å². The van der Waals surface area contributed by atoms with Gasteiger partial charge in [-0.15, -0.1) is 0 Å². The molecular formula is C11H15BrN2O4. The Labute approximate surface area is 113 Å². The number of hydroxylamine groups is 1. The summed E-state index contributed by atoms with van der Waals surface area (Å²) >= 11 is 3.12. The van der Waals surface area contributed by atoms with E-state index < -0.39 is 0 Å². The van der Waals surface area contributed by atoms with E-state index >= 15 is 0 Å². The first-order chi connectivity index (χ1) is 8.63. The van der Waals surface area contributed by atoms with Gasteiger partial charge in [0.2, 0.25) is 5.91 Å². The minimum atomic E-state index is -0.389. The standard InChI is InChI=1S/C11H15BrN2O4/c12-9-6-5-8(18-9)11(16)13-7-3-1-2-4-10(15)14-17/h5-6,17H,1-4,7H2,(H,13,16)(H,14,15). The minimum absolute atomic E-state index is 0.256. The molecule has 0 aliphatic carbocycles. The summed E-state index contributed by atoms with van der Waals surface area (Å²) in [6, 6.07) is 3.24. The Morgan fingerprint density at radius 1 is 1.28 bits per heavy atom. The largest absolute Gasteiger partial charge is 0.444 e. The van der Waals surface area contributed by atoms with Gasteiger partial charge in [-0.25, -0.2) is 5.48 Å². The number of hydrogen-bond donors (Lipinski definition) is 3. The molecule has 7 heteroatoms. The molecule has 6 nitrogen and oxygen atoms in total. The molecule has 0 aliphatic heterocycles. The van der Waals surface area contributed by atoms with Crippen molar-refractivity contribution in [3.8, 4) is 0 Å². The maximum absolute atomic E-state index is 11.5. The molecule has 0 aliphatic rings. The zero-order valence-electron chi connectivity index (χ0n) is 9.74. The average Bonchev–Trinajstić information content (AvgIpc) is 2.79. The van der Waals surface area contributed by atoms with Crippen molar-refractivity contribution in [1.29, 1.82) is 0 Å². The summed E-state index contributed by atoms with van der Waals surface area (Å²) in [4.78, 5) is 22.2. The Balaban J connectivity index is 2.08. The Kier molecular flexibility index (Phi) is 6.45. The third-order valence-electron chi connectivity index (χ3n) is 2.29. The number of unbranched alkanes of at least 4 members (excludes halogenated alkanes) is 2. The number of halogens is 1. The molecule has 100 valence electrons. The second-order valence-electron chi connectivity index (χ2n) is 3.71. The van der Waals surface area contributed by atoms with Crippen molar-refractivity contribution in [3.05, 3.63) is 22.6 Å². The molecule has 0 spiro atoms. The molecule has 1 rings (SSSR count). The van der Waals surface area contributed by atoms with Gasteiger partial charge < -0.3 is 9.73 Å². The van der Waals surface area contributed by atoms with E-state index in [9.17, 15) is 9.59 Å². The van der Waals surface area contributed by atoms with E-state index in [0.29, 0.717) is 17.6 Å². The number of hydrogen-bond acceptors (Lipinski definition) is 4. The number of carbonyl (C=O) groups excluding carboxylic acids is 2. The molecule has 3 N–H and O–H groups in total. The number of amides is 2. The number of carbonyl (C=O) groups is 2. The molecule has 0 aromatic carbocycles. The fraction of sp³-hybridized carbons (Fsp3) is 0.455. The summed E-state index contributed by atoms with van der Waals surface area (Å²) in [5.74, 6) is -0.380. The zero-order chi connectivity index (χ0) is 13.4. The number of rotatable bonds is 7. The van der Waals surface area contributed by atoms with Gasteiger partial charge in [-0.3, -0.25) is 14.8 Å². The summed E-state index contributed by atoms with van der Waals surface area (Å²) in [7, 11) is 0. The number of furan rings is 1. The first kappa shape index (κ1) is 14.7. The van der Waals surface area contributed by atoms with Crippen LogP contribution in [0.15, 0.2) is 21.2 Å². The molecule has 1 aromatic rings. The van der Waals surface area contributed by atoms with Crippen LogP contribution in [-0.2, 0) is 4.79 Å². The monoisotopic (exact) mass is 318 g/mol. The van der Waals surface area contributed by atoms with Gasteiger partial charge >= 0.3 is 0 Å². The lowest BCUT2D eigenvalue weighted by Crippen LogP contribution is -2.24. The normalized spacial score (nSPS) is 10.1. The first-order valence-electron chi connectivity index (χ1n) is 5.60. The quantitative estimate of drug-likeness (QED) is 0.406. The van der Waals surface area contributed by atoms with E-state index in [0.717, 1.165) is 12.8 Å². The van der Waals surface area contributed by atoms with E-state index in [2.05, 4.69) is 21.2 Å². The van der Waals surface area contributed by atoms with Crippen LogP contribution in [0.1, 0.15) is 36.2 Å². The fourth-order valence-electron chi connectivity index (χ4n) is 1.37. The molecule has 0 radical (unpaired) electrons. The topological polar surface area (TPSA) is 91.6 Å². The van der Waals surface area contributed by atoms with Crippen LogP contribution < -0.4 is 10.8 Å². The van der Waals surface area contributed by atoms with Crippen molar-refractivity contribution in [3.63, 3.8) is 0 Å². The maximum atomic E-state index is 11.5. The van der Waals surface area contributed by atoms with Crippen molar-refractivity contribution < 1.29 is 19.2 Å². The predicted molar refractivity (Wildman–Crippen MR) is 67.1 cm³/mol. The van der Waals surface area contributed by atoms with E-state index in [1.807, 2.05) is 0 Å². The molecule has 0 atom stereocenters. The molecular weight excluding hydrogens is 304 g/mol. The van der Waals surface area contributed by atoms with Crippen LogP contribution in [0.2, 0.25) is 0 Å². The molecule has 1 aromatic heterocycles. The molecule has 0 saturated heterocycles. The molecule has 0 fully saturated rings. The van der Waals surface area contributed by atoms with Gasteiger partial charge in [0.15, 0.2) is 10.4 Å². The second-order valence-corrected chi connectivity index (χ2v) is 4.49. The van der Waals surface area contributed by atoms with E-state index in [1.165, 1.54) is 0 Å². The van der Waals surface area contributed by atoms with Crippen LogP contribution >= 0.6 is 15.9 Å². The number of nitrogens with one attached hydrogen (secondary N) is 2. The fourth-order valence-corrected chi connectivity index (χ4v) is 1.68. The van der Waals surface area contributed by atoms with Gasteiger partial charge in [0, 0.05) is 13.0 Å². The lowest BCUT2D eigenvalue weighted by Gasteiger charge is -2.03. The van der Waals surface area contributed by atoms with Crippen LogP contribution in [-0.4, -0.2) is 23.6 Å². The van der Waals surface area contributed by atoms with Crippen LogP contribution in [0.3, 0.4) is 0 Å². The zero-order valence-corrected chi connectivity index (χ0v) is 11.3.